The first-order valence-corrected chi connectivity index (χ1v) is 8.25. The fraction of sp³-hybridized carbons (Fsp3) is 0.600. The van der Waals surface area contributed by atoms with E-state index in [1.807, 2.05) is 7.05 Å². The van der Waals surface area contributed by atoms with E-state index in [0.717, 1.165) is 28.9 Å². The van der Waals surface area contributed by atoms with Crippen LogP contribution in [0.2, 0.25) is 0 Å². The predicted octanol–water partition coefficient (Wildman–Crippen LogP) is 3.11. The minimum Gasteiger partial charge on any atom is -0.391 e. The summed E-state index contributed by atoms with van der Waals surface area (Å²) in [6, 6.07) is 2.14. The Kier molecular flexibility index (Phi) is 5.36. The zero-order valence-corrected chi connectivity index (χ0v) is 13.9. The molecule has 0 radical (unpaired) electrons. The summed E-state index contributed by atoms with van der Waals surface area (Å²) in [5.74, 6) is 1.88. The molecule has 1 unspecified atom stereocenters. The Bertz CT molecular complexity index is 597. The van der Waals surface area contributed by atoms with Crippen LogP contribution in [-0.4, -0.2) is 34.8 Å². The number of nitrogens with one attached hydrogen (secondary N) is 2. The average Bonchev–Trinajstić information content (AvgIpc) is 2.86. The van der Waals surface area contributed by atoms with Gasteiger partial charge in [-0.3, -0.25) is 0 Å². The maximum atomic E-state index is 10.0. The highest BCUT2D eigenvalue weighted by Gasteiger charge is 2.13. The third-order valence-electron chi connectivity index (χ3n) is 3.26. The standard InChI is InChI=1S/C15H24N4OS/c1-5-11-7-12-13(17-8-10(20)6-9(2)3)18-15(16-4)19-14(12)21-11/h7,9-10,20H,5-6,8H2,1-4H3,(H2,16,17,18,19). The Labute approximate surface area is 129 Å². The minimum absolute atomic E-state index is 0.364. The second kappa shape index (κ2) is 7.04. The number of aliphatic hydroxyl groups is 1. The van der Waals surface area contributed by atoms with Crippen molar-refractivity contribution in [3.05, 3.63) is 10.9 Å². The third kappa shape index (κ3) is 4.04. The molecule has 5 nitrogen and oxygen atoms in total. The number of aromatic nitrogens is 2. The SMILES string of the molecule is CCc1cc2c(NCC(O)CC(C)C)nc(NC)nc2s1. The van der Waals surface area contributed by atoms with Gasteiger partial charge in [0.25, 0.3) is 0 Å². The molecule has 1 atom stereocenters. The van der Waals surface area contributed by atoms with Crippen LogP contribution in [0.5, 0.6) is 0 Å². The lowest BCUT2D eigenvalue weighted by Crippen LogP contribution is -2.22. The lowest BCUT2D eigenvalue weighted by Gasteiger charge is -2.15. The first-order chi connectivity index (χ1) is 10.0. The fourth-order valence-corrected chi connectivity index (χ4v) is 3.20. The first-order valence-electron chi connectivity index (χ1n) is 7.43. The van der Waals surface area contributed by atoms with Gasteiger partial charge >= 0.3 is 0 Å². The quantitative estimate of drug-likeness (QED) is 0.733. The zero-order valence-electron chi connectivity index (χ0n) is 13.1. The van der Waals surface area contributed by atoms with Gasteiger partial charge in [0.15, 0.2) is 0 Å². The third-order valence-corrected chi connectivity index (χ3v) is 4.44. The van der Waals surface area contributed by atoms with Gasteiger partial charge in [-0.2, -0.15) is 4.98 Å². The Morgan fingerprint density at radius 3 is 2.71 bits per heavy atom. The number of thiophene rings is 1. The maximum Gasteiger partial charge on any atom is 0.225 e. The molecule has 0 saturated carbocycles. The van der Waals surface area contributed by atoms with Crippen molar-refractivity contribution in [3.63, 3.8) is 0 Å². The molecule has 0 amide bonds. The van der Waals surface area contributed by atoms with E-state index in [0.29, 0.717) is 18.4 Å². The van der Waals surface area contributed by atoms with Crippen molar-refractivity contribution in [2.45, 2.75) is 39.7 Å². The van der Waals surface area contributed by atoms with E-state index in [4.69, 9.17) is 0 Å². The van der Waals surface area contributed by atoms with Crippen LogP contribution >= 0.6 is 11.3 Å². The van der Waals surface area contributed by atoms with Crippen molar-refractivity contribution in [2.75, 3.05) is 24.2 Å². The highest BCUT2D eigenvalue weighted by molar-refractivity contribution is 7.18. The van der Waals surface area contributed by atoms with Gasteiger partial charge in [0.1, 0.15) is 10.6 Å². The van der Waals surface area contributed by atoms with Gasteiger partial charge < -0.3 is 15.7 Å². The molecule has 2 aromatic heterocycles. The van der Waals surface area contributed by atoms with Crippen molar-refractivity contribution in [2.24, 2.45) is 5.92 Å². The van der Waals surface area contributed by atoms with Crippen molar-refractivity contribution >= 4 is 33.3 Å². The molecule has 21 heavy (non-hydrogen) atoms. The molecular weight excluding hydrogens is 284 g/mol. The van der Waals surface area contributed by atoms with E-state index in [1.54, 1.807) is 11.3 Å². The maximum absolute atomic E-state index is 10.0. The zero-order chi connectivity index (χ0) is 15.4. The molecule has 2 aromatic rings. The molecule has 0 aliphatic rings. The summed E-state index contributed by atoms with van der Waals surface area (Å²) in [4.78, 5) is 11.2. The van der Waals surface area contributed by atoms with Crippen LogP contribution in [0, 0.1) is 5.92 Å². The molecular formula is C15H24N4OS. The van der Waals surface area contributed by atoms with E-state index < -0.39 is 0 Å². The summed E-state index contributed by atoms with van der Waals surface area (Å²) >= 11 is 1.69. The topological polar surface area (TPSA) is 70.1 Å². The summed E-state index contributed by atoms with van der Waals surface area (Å²) in [5.41, 5.74) is 0. The molecule has 0 fully saturated rings. The number of anilines is 2. The molecule has 0 saturated heterocycles. The molecule has 2 rings (SSSR count). The van der Waals surface area contributed by atoms with E-state index in [1.165, 1.54) is 4.88 Å². The Morgan fingerprint density at radius 2 is 2.10 bits per heavy atom. The van der Waals surface area contributed by atoms with Gasteiger partial charge in [0, 0.05) is 18.5 Å². The van der Waals surface area contributed by atoms with Crippen LogP contribution in [0.3, 0.4) is 0 Å². The number of aliphatic hydroxyl groups excluding tert-OH is 1. The van der Waals surface area contributed by atoms with Gasteiger partial charge in [-0.15, -0.1) is 11.3 Å². The highest BCUT2D eigenvalue weighted by atomic mass is 32.1. The molecule has 116 valence electrons. The molecule has 0 aliphatic heterocycles. The van der Waals surface area contributed by atoms with Crippen LogP contribution < -0.4 is 10.6 Å². The second-order valence-corrected chi connectivity index (χ2v) is 6.71. The number of hydrogen-bond acceptors (Lipinski definition) is 6. The molecule has 0 bridgehead atoms. The van der Waals surface area contributed by atoms with Crippen LogP contribution in [-0.2, 0) is 6.42 Å². The normalized spacial score (nSPS) is 12.9. The fourth-order valence-electron chi connectivity index (χ4n) is 2.23. The summed E-state index contributed by atoms with van der Waals surface area (Å²) in [6.07, 6.45) is 1.41. The minimum atomic E-state index is -0.364. The summed E-state index contributed by atoms with van der Waals surface area (Å²) in [7, 11) is 1.81. The summed E-state index contributed by atoms with van der Waals surface area (Å²) in [5, 5.41) is 17.3. The van der Waals surface area contributed by atoms with Crippen LogP contribution in [0.15, 0.2) is 6.07 Å². The van der Waals surface area contributed by atoms with Gasteiger partial charge in [0.2, 0.25) is 5.95 Å². The number of nitrogens with zero attached hydrogens (tertiary/aromatic N) is 2. The number of aryl methyl sites for hydroxylation is 1. The van der Waals surface area contributed by atoms with Crippen molar-refractivity contribution in [1.82, 2.24) is 9.97 Å². The van der Waals surface area contributed by atoms with Crippen LogP contribution in [0.25, 0.3) is 10.2 Å². The Balaban J connectivity index is 2.22. The lowest BCUT2D eigenvalue weighted by molar-refractivity contribution is 0.161. The molecule has 0 aliphatic carbocycles. The van der Waals surface area contributed by atoms with Crippen LogP contribution in [0.1, 0.15) is 32.1 Å². The number of fused-ring (bicyclic) bond motifs is 1. The number of hydrogen-bond donors (Lipinski definition) is 3. The molecule has 0 spiro atoms. The summed E-state index contributed by atoms with van der Waals surface area (Å²) < 4.78 is 0. The smallest absolute Gasteiger partial charge is 0.225 e. The molecule has 0 aromatic carbocycles. The van der Waals surface area contributed by atoms with E-state index >= 15 is 0 Å². The van der Waals surface area contributed by atoms with E-state index in [2.05, 4.69) is 47.4 Å². The average molecular weight is 308 g/mol. The van der Waals surface area contributed by atoms with E-state index in [-0.39, 0.29) is 6.10 Å². The predicted molar refractivity (Wildman–Crippen MR) is 90.3 cm³/mol. The molecule has 2 heterocycles. The van der Waals surface area contributed by atoms with Crippen molar-refractivity contribution < 1.29 is 5.11 Å². The van der Waals surface area contributed by atoms with Gasteiger partial charge in [0.05, 0.1) is 11.5 Å². The van der Waals surface area contributed by atoms with Crippen molar-refractivity contribution in [3.8, 4) is 0 Å². The van der Waals surface area contributed by atoms with Crippen LogP contribution in [0.4, 0.5) is 11.8 Å². The van der Waals surface area contributed by atoms with Gasteiger partial charge in [-0.25, -0.2) is 4.98 Å². The lowest BCUT2D eigenvalue weighted by atomic mass is 10.1. The largest absolute Gasteiger partial charge is 0.391 e. The second-order valence-electron chi connectivity index (χ2n) is 5.60. The summed E-state index contributed by atoms with van der Waals surface area (Å²) in [6.45, 7) is 6.86. The molecule has 6 heteroatoms. The van der Waals surface area contributed by atoms with E-state index in [9.17, 15) is 5.11 Å². The van der Waals surface area contributed by atoms with Crippen molar-refractivity contribution in [1.29, 1.82) is 0 Å². The van der Waals surface area contributed by atoms with Gasteiger partial charge in [-0.05, 0) is 24.8 Å². The Hall–Kier alpha value is -1.40. The molecule has 3 N–H and O–H groups in total. The first kappa shape index (κ1) is 16.0. The van der Waals surface area contributed by atoms with Gasteiger partial charge in [-0.1, -0.05) is 20.8 Å². The number of rotatable bonds is 7. The highest BCUT2D eigenvalue weighted by Crippen LogP contribution is 2.30. The monoisotopic (exact) mass is 308 g/mol. The Morgan fingerprint density at radius 1 is 1.33 bits per heavy atom.